The van der Waals surface area contributed by atoms with Crippen molar-refractivity contribution in [3.8, 4) is 0 Å². The van der Waals surface area contributed by atoms with E-state index in [4.69, 9.17) is 5.73 Å². The Kier molecular flexibility index (Phi) is 4.59. The molecule has 0 saturated carbocycles. The Bertz CT molecular complexity index is 650. The first-order chi connectivity index (χ1) is 10.0. The summed E-state index contributed by atoms with van der Waals surface area (Å²) in [6, 6.07) is 5.95. The second-order valence-electron chi connectivity index (χ2n) is 4.98. The molecule has 0 radical (unpaired) electrons. The zero-order valence-corrected chi connectivity index (χ0v) is 11.8. The van der Waals surface area contributed by atoms with E-state index in [0.29, 0.717) is 6.42 Å². The third kappa shape index (κ3) is 3.41. The molecule has 2 rings (SSSR count). The molecule has 1 amide bonds. The maximum Gasteiger partial charge on any atom is 0.326 e. The molecule has 1 aromatic carbocycles. The van der Waals surface area contributed by atoms with Crippen LogP contribution in [0.5, 0.6) is 0 Å². The van der Waals surface area contributed by atoms with Crippen molar-refractivity contribution in [1.29, 1.82) is 0 Å². The average Bonchev–Trinajstić information content (AvgIpc) is 2.88. The zero-order valence-electron chi connectivity index (χ0n) is 11.8. The minimum Gasteiger partial charge on any atom is -0.480 e. The van der Waals surface area contributed by atoms with Crippen molar-refractivity contribution >= 4 is 22.8 Å². The van der Waals surface area contributed by atoms with Gasteiger partial charge in [0.1, 0.15) is 6.04 Å². The largest absolute Gasteiger partial charge is 0.480 e. The van der Waals surface area contributed by atoms with Gasteiger partial charge < -0.3 is 21.1 Å². The van der Waals surface area contributed by atoms with Gasteiger partial charge in [-0.25, -0.2) is 4.79 Å². The summed E-state index contributed by atoms with van der Waals surface area (Å²) in [6.45, 7) is 1.78. The summed E-state index contributed by atoms with van der Waals surface area (Å²) in [5, 5.41) is 12.7. The van der Waals surface area contributed by atoms with Gasteiger partial charge in [0.2, 0.25) is 5.91 Å². The van der Waals surface area contributed by atoms with Crippen molar-refractivity contribution in [3.63, 3.8) is 0 Å². The van der Waals surface area contributed by atoms with Crippen LogP contribution in [-0.2, 0) is 16.0 Å². The summed E-state index contributed by atoms with van der Waals surface area (Å²) in [6.07, 6.45) is 2.44. The number of nitrogens with two attached hydrogens (primary N) is 1. The highest BCUT2D eigenvalue weighted by Gasteiger charge is 2.23. The molecule has 5 N–H and O–H groups in total. The molecule has 0 aliphatic carbocycles. The number of fused-ring (bicyclic) bond motifs is 1. The molecule has 0 aliphatic heterocycles. The van der Waals surface area contributed by atoms with Crippen LogP contribution in [0.25, 0.3) is 10.9 Å². The lowest BCUT2D eigenvalue weighted by atomic mass is 10.0. The first-order valence-corrected chi connectivity index (χ1v) is 6.86. The van der Waals surface area contributed by atoms with Crippen LogP contribution in [0.15, 0.2) is 30.5 Å². The minimum absolute atomic E-state index is 0.210. The second kappa shape index (κ2) is 6.41. The number of nitrogens with one attached hydrogen (secondary N) is 2. The molecule has 112 valence electrons. The van der Waals surface area contributed by atoms with Crippen LogP contribution in [0.2, 0.25) is 0 Å². The molecule has 2 aromatic rings. The molecular weight excluding hydrogens is 270 g/mol. The SMILES string of the molecule is CC[C@@H](N)C(=O)NC(Cc1c[nH]c2ccccc12)C(=O)O. The van der Waals surface area contributed by atoms with E-state index in [-0.39, 0.29) is 6.42 Å². The Morgan fingerprint density at radius 1 is 1.38 bits per heavy atom. The Hall–Kier alpha value is -2.34. The normalized spacial score (nSPS) is 13.8. The number of aromatic amines is 1. The predicted molar refractivity (Wildman–Crippen MR) is 79.8 cm³/mol. The molecule has 2 atom stereocenters. The highest BCUT2D eigenvalue weighted by atomic mass is 16.4. The quantitative estimate of drug-likeness (QED) is 0.636. The van der Waals surface area contributed by atoms with Gasteiger partial charge in [-0.3, -0.25) is 4.79 Å². The maximum absolute atomic E-state index is 11.8. The Labute approximate surface area is 122 Å². The van der Waals surface area contributed by atoms with Gasteiger partial charge in [-0.1, -0.05) is 25.1 Å². The molecule has 0 bridgehead atoms. The summed E-state index contributed by atoms with van der Waals surface area (Å²) >= 11 is 0. The summed E-state index contributed by atoms with van der Waals surface area (Å²) in [5.74, 6) is -1.51. The van der Waals surface area contributed by atoms with E-state index in [2.05, 4.69) is 10.3 Å². The third-order valence-electron chi connectivity index (χ3n) is 3.49. The van der Waals surface area contributed by atoms with E-state index < -0.39 is 24.0 Å². The topological polar surface area (TPSA) is 108 Å². The molecule has 1 heterocycles. The molecule has 0 saturated heterocycles. The highest BCUT2D eigenvalue weighted by Crippen LogP contribution is 2.19. The van der Waals surface area contributed by atoms with Crippen LogP contribution >= 0.6 is 0 Å². The number of carbonyl (C=O) groups excluding carboxylic acids is 1. The van der Waals surface area contributed by atoms with E-state index in [1.165, 1.54) is 0 Å². The van der Waals surface area contributed by atoms with E-state index in [9.17, 15) is 14.7 Å². The molecule has 0 fully saturated rings. The van der Waals surface area contributed by atoms with Gasteiger partial charge >= 0.3 is 5.97 Å². The van der Waals surface area contributed by atoms with Gasteiger partial charge in [0.15, 0.2) is 0 Å². The van der Waals surface area contributed by atoms with Crippen molar-refractivity contribution in [2.45, 2.75) is 31.8 Å². The first-order valence-electron chi connectivity index (χ1n) is 6.86. The number of hydrogen-bond donors (Lipinski definition) is 4. The van der Waals surface area contributed by atoms with Crippen molar-refractivity contribution in [2.75, 3.05) is 0 Å². The number of para-hydroxylation sites is 1. The average molecular weight is 289 g/mol. The predicted octanol–water partition coefficient (Wildman–Crippen LogP) is 1.02. The lowest BCUT2D eigenvalue weighted by Crippen LogP contribution is -2.49. The monoisotopic (exact) mass is 289 g/mol. The Morgan fingerprint density at radius 3 is 2.76 bits per heavy atom. The lowest BCUT2D eigenvalue weighted by Gasteiger charge is -2.16. The van der Waals surface area contributed by atoms with Gasteiger partial charge in [0, 0.05) is 23.5 Å². The molecule has 0 spiro atoms. The lowest BCUT2D eigenvalue weighted by molar-refractivity contribution is -0.142. The summed E-state index contributed by atoms with van der Waals surface area (Å²) < 4.78 is 0. The maximum atomic E-state index is 11.8. The van der Waals surface area contributed by atoms with Crippen LogP contribution in [0.1, 0.15) is 18.9 Å². The molecule has 6 heteroatoms. The number of carboxylic acids is 1. The second-order valence-corrected chi connectivity index (χ2v) is 4.98. The minimum atomic E-state index is -1.07. The zero-order chi connectivity index (χ0) is 15.4. The molecule has 1 aromatic heterocycles. The van der Waals surface area contributed by atoms with Crippen LogP contribution < -0.4 is 11.1 Å². The molecule has 6 nitrogen and oxygen atoms in total. The number of carboxylic acid groups (broad SMARTS) is 1. The van der Waals surface area contributed by atoms with Gasteiger partial charge in [-0.15, -0.1) is 0 Å². The van der Waals surface area contributed by atoms with Crippen LogP contribution in [0.4, 0.5) is 0 Å². The summed E-state index contributed by atoms with van der Waals surface area (Å²) in [4.78, 5) is 26.2. The molecular formula is C15H19N3O3. The number of rotatable bonds is 6. The highest BCUT2D eigenvalue weighted by molar-refractivity contribution is 5.88. The van der Waals surface area contributed by atoms with Crippen LogP contribution in [-0.4, -0.2) is 34.1 Å². The molecule has 21 heavy (non-hydrogen) atoms. The van der Waals surface area contributed by atoms with Gasteiger partial charge in [0.05, 0.1) is 6.04 Å². The summed E-state index contributed by atoms with van der Waals surface area (Å²) in [7, 11) is 0. The smallest absolute Gasteiger partial charge is 0.326 e. The van der Waals surface area contributed by atoms with Crippen molar-refractivity contribution < 1.29 is 14.7 Å². The number of aromatic nitrogens is 1. The number of H-pyrrole nitrogens is 1. The van der Waals surface area contributed by atoms with E-state index >= 15 is 0 Å². The standard InChI is InChI=1S/C15H19N3O3/c1-2-11(16)14(19)18-13(15(20)21)7-9-8-17-12-6-4-3-5-10(9)12/h3-6,8,11,13,17H,2,7,16H2,1H3,(H,18,19)(H,20,21)/t11-,13?/m1/s1. The number of aliphatic carboxylic acids is 1. The number of hydrogen-bond acceptors (Lipinski definition) is 3. The van der Waals surface area contributed by atoms with Crippen molar-refractivity contribution in [1.82, 2.24) is 10.3 Å². The van der Waals surface area contributed by atoms with Crippen LogP contribution in [0.3, 0.4) is 0 Å². The fraction of sp³-hybridized carbons (Fsp3) is 0.333. The number of benzene rings is 1. The fourth-order valence-electron chi connectivity index (χ4n) is 2.18. The van der Waals surface area contributed by atoms with Crippen molar-refractivity contribution in [2.24, 2.45) is 5.73 Å². The molecule has 1 unspecified atom stereocenters. The third-order valence-corrected chi connectivity index (χ3v) is 3.49. The van der Waals surface area contributed by atoms with Crippen molar-refractivity contribution in [3.05, 3.63) is 36.0 Å². The van der Waals surface area contributed by atoms with Gasteiger partial charge in [-0.2, -0.15) is 0 Å². The Balaban J connectivity index is 2.17. The first kappa shape index (κ1) is 15.1. The van der Waals surface area contributed by atoms with Gasteiger partial charge in [0.25, 0.3) is 0 Å². The fourth-order valence-corrected chi connectivity index (χ4v) is 2.18. The summed E-state index contributed by atoms with van der Waals surface area (Å²) in [5.41, 5.74) is 7.41. The van der Waals surface area contributed by atoms with E-state index in [1.54, 1.807) is 13.1 Å². The number of carbonyl (C=O) groups is 2. The van der Waals surface area contributed by atoms with Crippen LogP contribution in [0, 0.1) is 0 Å². The molecule has 0 aliphatic rings. The van der Waals surface area contributed by atoms with E-state index in [1.807, 2.05) is 24.3 Å². The Morgan fingerprint density at radius 2 is 2.10 bits per heavy atom. The number of amides is 1. The van der Waals surface area contributed by atoms with Gasteiger partial charge in [-0.05, 0) is 18.1 Å². The van der Waals surface area contributed by atoms with E-state index in [0.717, 1.165) is 16.5 Å².